The van der Waals surface area contributed by atoms with E-state index in [9.17, 15) is 27.7 Å². The van der Waals surface area contributed by atoms with E-state index in [0.29, 0.717) is 11.1 Å². The van der Waals surface area contributed by atoms with Crippen LogP contribution in [0.3, 0.4) is 0 Å². The highest BCUT2D eigenvalue weighted by atomic mass is 32.2. The minimum Gasteiger partial charge on any atom is -0.379 e. The third-order valence-corrected chi connectivity index (χ3v) is 6.39. The highest BCUT2D eigenvalue weighted by Crippen LogP contribution is 2.31. The molecule has 4 rings (SSSR count). The number of hydrogen-bond donors (Lipinski definition) is 0. The summed E-state index contributed by atoms with van der Waals surface area (Å²) in [7, 11) is -4.15. The molecule has 8 nitrogen and oxygen atoms in total. The fraction of sp³-hybridized carbons (Fsp3) is 0.174. The Bertz CT molecular complexity index is 1290. The lowest BCUT2D eigenvalue weighted by Crippen LogP contribution is -2.32. The summed E-state index contributed by atoms with van der Waals surface area (Å²) in [6.45, 7) is 0.217. The molecule has 3 aromatic rings. The Balaban J connectivity index is 1.51. The molecule has 1 aliphatic carbocycles. The van der Waals surface area contributed by atoms with Crippen LogP contribution in [-0.2, 0) is 16.7 Å². The average Bonchev–Trinajstić information content (AvgIpc) is 3.63. The fourth-order valence-electron chi connectivity index (χ4n) is 3.31. The van der Waals surface area contributed by atoms with Crippen molar-refractivity contribution in [3.63, 3.8) is 0 Å². The van der Waals surface area contributed by atoms with E-state index in [1.807, 2.05) is 0 Å². The monoisotopic (exact) mass is 470 g/mol. The predicted molar refractivity (Wildman–Crippen MR) is 117 cm³/mol. The first kappa shape index (κ1) is 22.4. The normalized spacial score (nSPS) is 13.4. The van der Waals surface area contributed by atoms with Gasteiger partial charge in [0.15, 0.2) is 0 Å². The van der Waals surface area contributed by atoms with E-state index in [-0.39, 0.29) is 34.8 Å². The van der Waals surface area contributed by atoms with Crippen molar-refractivity contribution >= 4 is 21.7 Å². The van der Waals surface area contributed by atoms with E-state index in [0.717, 1.165) is 37.1 Å². The van der Waals surface area contributed by atoms with Crippen molar-refractivity contribution in [3.8, 4) is 5.75 Å². The topological polar surface area (TPSA) is 107 Å². The summed E-state index contributed by atoms with van der Waals surface area (Å²) in [6.07, 6.45) is 1.68. The quantitative estimate of drug-likeness (QED) is 0.276. The Labute approximate surface area is 189 Å². The number of non-ortho nitro benzene ring substituents is 1. The van der Waals surface area contributed by atoms with Gasteiger partial charge >= 0.3 is 10.1 Å². The Kier molecular flexibility index (Phi) is 6.10. The SMILES string of the molecule is O=C(c1ccc([N+](=O)[O-])cc1)N(Cc1cccc(OS(=O)(=O)c2ccc(F)cc2)c1)C1CC1. The number of carbonyl (C=O) groups excluding carboxylic acids is 1. The second-order valence-electron chi connectivity index (χ2n) is 7.61. The van der Waals surface area contributed by atoms with Crippen molar-refractivity contribution < 1.29 is 26.7 Å². The fourth-order valence-corrected chi connectivity index (χ4v) is 4.24. The van der Waals surface area contributed by atoms with Crippen LogP contribution in [0.5, 0.6) is 5.75 Å². The molecule has 0 bridgehead atoms. The lowest BCUT2D eigenvalue weighted by molar-refractivity contribution is -0.384. The first-order valence-electron chi connectivity index (χ1n) is 10.1. The van der Waals surface area contributed by atoms with Gasteiger partial charge in [0.25, 0.3) is 11.6 Å². The standard InChI is InChI=1S/C23H19FN2O6S/c24-18-6-12-22(13-7-18)33(30,31)32-21-3-1-2-16(14-21)15-25(19-10-11-19)23(27)17-4-8-20(9-5-17)26(28)29/h1-9,12-14,19H,10-11,15H2. The molecule has 0 saturated heterocycles. The number of benzene rings is 3. The van der Waals surface area contributed by atoms with Gasteiger partial charge in [-0.05, 0) is 66.9 Å². The van der Waals surface area contributed by atoms with Crippen LogP contribution in [0.2, 0.25) is 0 Å². The summed E-state index contributed by atoms with van der Waals surface area (Å²) in [5, 5.41) is 10.9. The predicted octanol–water partition coefficient (Wildman–Crippen LogP) is 4.31. The molecule has 1 fully saturated rings. The zero-order valence-electron chi connectivity index (χ0n) is 17.3. The van der Waals surface area contributed by atoms with Crippen molar-refractivity contribution in [2.45, 2.75) is 30.3 Å². The van der Waals surface area contributed by atoms with Crippen LogP contribution in [0.15, 0.2) is 77.7 Å². The van der Waals surface area contributed by atoms with Crippen LogP contribution in [-0.4, -0.2) is 30.2 Å². The second-order valence-corrected chi connectivity index (χ2v) is 9.15. The van der Waals surface area contributed by atoms with Gasteiger partial charge in [0.2, 0.25) is 0 Å². The third-order valence-electron chi connectivity index (χ3n) is 5.13. The third kappa shape index (κ3) is 5.35. The van der Waals surface area contributed by atoms with Gasteiger partial charge in [-0.15, -0.1) is 0 Å². The molecule has 0 atom stereocenters. The first-order chi connectivity index (χ1) is 15.7. The summed E-state index contributed by atoms with van der Waals surface area (Å²) in [4.78, 5) is 24.8. The Morgan fingerprint density at radius 3 is 2.33 bits per heavy atom. The van der Waals surface area contributed by atoms with Crippen LogP contribution in [0.4, 0.5) is 10.1 Å². The van der Waals surface area contributed by atoms with Crippen molar-refractivity contribution in [3.05, 3.63) is 99.9 Å². The maximum atomic E-state index is 13.1. The van der Waals surface area contributed by atoms with Gasteiger partial charge < -0.3 is 9.08 Å². The van der Waals surface area contributed by atoms with E-state index >= 15 is 0 Å². The smallest absolute Gasteiger partial charge is 0.339 e. The van der Waals surface area contributed by atoms with Gasteiger partial charge in [0.1, 0.15) is 16.5 Å². The van der Waals surface area contributed by atoms with Crippen LogP contribution >= 0.6 is 0 Å². The van der Waals surface area contributed by atoms with Crippen LogP contribution in [0.1, 0.15) is 28.8 Å². The summed E-state index contributed by atoms with van der Waals surface area (Å²) < 4.78 is 43.2. The van der Waals surface area contributed by atoms with Crippen molar-refractivity contribution in [1.82, 2.24) is 4.90 Å². The Morgan fingerprint density at radius 1 is 1.06 bits per heavy atom. The van der Waals surface area contributed by atoms with Gasteiger partial charge in [-0.3, -0.25) is 14.9 Å². The second kappa shape index (κ2) is 8.99. The van der Waals surface area contributed by atoms with Crippen molar-refractivity contribution in [2.75, 3.05) is 0 Å². The number of nitro groups is 1. The van der Waals surface area contributed by atoms with Gasteiger partial charge in [0.05, 0.1) is 4.92 Å². The maximum absolute atomic E-state index is 13.1. The molecular formula is C23H19FN2O6S. The number of rotatable bonds is 8. The van der Waals surface area contributed by atoms with Crippen LogP contribution in [0, 0.1) is 15.9 Å². The van der Waals surface area contributed by atoms with E-state index < -0.39 is 20.9 Å². The summed E-state index contributed by atoms with van der Waals surface area (Å²) in [6, 6.07) is 16.1. The molecule has 0 heterocycles. The average molecular weight is 470 g/mol. The van der Waals surface area contributed by atoms with Crippen molar-refractivity contribution in [1.29, 1.82) is 0 Å². The zero-order valence-corrected chi connectivity index (χ0v) is 18.1. The van der Waals surface area contributed by atoms with Gasteiger partial charge in [0, 0.05) is 30.3 Å². The lowest BCUT2D eigenvalue weighted by Gasteiger charge is -2.23. The highest BCUT2D eigenvalue weighted by molar-refractivity contribution is 7.87. The first-order valence-corrected chi connectivity index (χ1v) is 11.5. The lowest BCUT2D eigenvalue weighted by atomic mass is 10.1. The minimum atomic E-state index is -4.15. The Hall–Kier alpha value is -3.79. The van der Waals surface area contributed by atoms with E-state index in [4.69, 9.17) is 4.18 Å². The van der Waals surface area contributed by atoms with Crippen LogP contribution in [0.25, 0.3) is 0 Å². The molecule has 33 heavy (non-hydrogen) atoms. The van der Waals surface area contributed by atoms with Gasteiger partial charge in [-0.1, -0.05) is 12.1 Å². The number of carbonyl (C=O) groups is 1. The minimum absolute atomic E-state index is 0.0419. The molecule has 10 heteroatoms. The summed E-state index contributed by atoms with van der Waals surface area (Å²) in [5.41, 5.74) is 0.888. The molecule has 0 unspecified atom stereocenters. The van der Waals surface area contributed by atoms with E-state index in [1.54, 1.807) is 17.0 Å². The molecular weight excluding hydrogens is 451 g/mol. The van der Waals surface area contributed by atoms with Gasteiger partial charge in [-0.25, -0.2) is 4.39 Å². The molecule has 170 valence electrons. The number of nitro benzene ring substituents is 1. The van der Waals surface area contributed by atoms with E-state index in [1.165, 1.54) is 36.4 Å². The summed E-state index contributed by atoms with van der Waals surface area (Å²) in [5.74, 6) is -0.762. The maximum Gasteiger partial charge on any atom is 0.339 e. The number of hydrogen-bond acceptors (Lipinski definition) is 6. The largest absolute Gasteiger partial charge is 0.379 e. The molecule has 0 spiro atoms. The molecule has 0 aliphatic heterocycles. The molecule has 0 N–H and O–H groups in total. The number of halogens is 1. The number of nitrogens with zero attached hydrogens (tertiary/aromatic N) is 2. The zero-order chi connectivity index (χ0) is 23.6. The molecule has 3 aromatic carbocycles. The van der Waals surface area contributed by atoms with Gasteiger partial charge in [-0.2, -0.15) is 8.42 Å². The molecule has 0 aromatic heterocycles. The van der Waals surface area contributed by atoms with Crippen molar-refractivity contribution in [2.24, 2.45) is 0 Å². The highest BCUT2D eigenvalue weighted by Gasteiger charge is 2.33. The summed E-state index contributed by atoms with van der Waals surface area (Å²) >= 11 is 0. The number of amides is 1. The van der Waals surface area contributed by atoms with E-state index in [2.05, 4.69) is 0 Å². The van der Waals surface area contributed by atoms with Crippen LogP contribution < -0.4 is 4.18 Å². The molecule has 1 saturated carbocycles. The molecule has 1 amide bonds. The Morgan fingerprint density at radius 2 is 1.73 bits per heavy atom. The molecule has 1 aliphatic rings. The molecule has 0 radical (unpaired) electrons.